The van der Waals surface area contributed by atoms with Crippen molar-refractivity contribution in [2.75, 3.05) is 13.2 Å². The van der Waals surface area contributed by atoms with E-state index in [1.165, 1.54) is 19.4 Å². The van der Waals surface area contributed by atoms with Crippen LogP contribution in [0.2, 0.25) is 0 Å². The standard InChI is InChI=1S/C69H92O20/c1-38(70)78-36-49-55(80-40(3)72)57(81-41(4)73)60(84-44(7)76)62(86-49)88-56-50(37-79-39(2)71)85-61(59(83-43(6)75)58(56)82-42(5)74)87-53-28-29-66(12)51(65(53,10)11)27-30-68(14)52(66)26-25-47-48-35-64(8,9)31-33-69(48,34-32-67(47,68)13)63(77)89-54(45-21-17-15-18-22-45)46-23-19-16-20-24-46/h15-25,48-62H,26-37H2,1-14H3/t48-,49+,50+,51-,52+,53-,55+,56+,57-,58-,59+,60+,61-,62-,66-,67+,68+,69-/m0/s1. The Kier molecular flexibility index (Phi) is 19.8. The number of rotatable bonds is 17. The second kappa shape index (κ2) is 26.2. The van der Waals surface area contributed by atoms with Crippen LogP contribution in [-0.4, -0.2) is 128 Å². The van der Waals surface area contributed by atoms with Crippen molar-refractivity contribution in [3.63, 3.8) is 0 Å². The van der Waals surface area contributed by atoms with Crippen molar-refractivity contribution < 1.29 is 95.2 Å². The molecule has 0 bridgehead atoms. The van der Waals surface area contributed by atoms with Gasteiger partial charge >= 0.3 is 47.8 Å². The fraction of sp³-hybridized carbons (Fsp3) is 0.681. The largest absolute Gasteiger partial charge is 0.463 e. The number of fused-ring (bicyclic) bond motifs is 7. The average molecular weight is 1240 g/mol. The maximum Gasteiger partial charge on any atom is 0.313 e. The summed E-state index contributed by atoms with van der Waals surface area (Å²) in [5.41, 5.74) is 1.52. The van der Waals surface area contributed by atoms with Crippen LogP contribution in [0, 0.1) is 50.2 Å². The second-order valence-corrected chi connectivity index (χ2v) is 28.1. The van der Waals surface area contributed by atoms with Gasteiger partial charge in [0, 0.05) is 48.5 Å². The van der Waals surface area contributed by atoms with E-state index in [0.717, 1.165) is 104 Å². The van der Waals surface area contributed by atoms with Gasteiger partial charge in [-0.1, -0.05) is 121 Å². The Morgan fingerprint density at radius 2 is 0.978 bits per heavy atom. The first kappa shape index (κ1) is 67.2. The summed E-state index contributed by atoms with van der Waals surface area (Å²) in [6.45, 7) is 23.3. The molecule has 6 fully saturated rings. The first-order valence-corrected chi connectivity index (χ1v) is 31.6. The van der Waals surface area contributed by atoms with Gasteiger partial charge < -0.3 is 56.8 Å². The minimum Gasteiger partial charge on any atom is -0.463 e. The van der Waals surface area contributed by atoms with Crippen molar-refractivity contribution in [2.45, 2.75) is 235 Å². The van der Waals surface area contributed by atoms with Gasteiger partial charge in [-0.25, -0.2) is 0 Å². The topological polar surface area (TPSA) is 247 Å². The molecule has 488 valence electrons. The van der Waals surface area contributed by atoms with E-state index in [4.69, 9.17) is 56.8 Å². The molecule has 2 aromatic rings. The summed E-state index contributed by atoms with van der Waals surface area (Å²) in [6.07, 6.45) is -6.22. The molecule has 0 amide bonds. The Bertz CT molecular complexity index is 2960. The summed E-state index contributed by atoms with van der Waals surface area (Å²) >= 11 is 0. The van der Waals surface area contributed by atoms with Gasteiger partial charge in [-0.3, -0.25) is 38.4 Å². The molecule has 89 heavy (non-hydrogen) atoms. The molecule has 20 nitrogen and oxygen atoms in total. The highest BCUT2D eigenvalue weighted by Crippen LogP contribution is 2.76. The predicted octanol–water partition coefficient (Wildman–Crippen LogP) is 10.1. The maximum absolute atomic E-state index is 15.4. The molecular weight excluding hydrogens is 1150 g/mol. The van der Waals surface area contributed by atoms with Crippen molar-refractivity contribution >= 4 is 47.8 Å². The van der Waals surface area contributed by atoms with Gasteiger partial charge in [-0.05, 0) is 120 Å². The van der Waals surface area contributed by atoms with Crippen LogP contribution in [0.25, 0.3) is 0 Å². The number of carbonyl (C=O) groups is 8. The molecule has 4 saturated carbocycles. The van der Waals surface area contributed by atoms with E-state index in [2.05, 4.69) is 54.5 Å². The SMILES string of the molecule is CC(=O)OC[C@H]1O[C@@H](O[C@H]2[C@H](OC(C)=O)[C@@H](OC(C)=O)[C@H](O[C@H]3CC[C@]4(C)[C@H]5CC=C6[C@@H]7CC(C)(C)CC[C@]7(C(=O)OC(c7ccccc7)c7ccccc7)CC[C@@]6(C)[C@]5(C)CC[C@H]4C3(C)C)O[C@@H]2COC(C)=O)[C@H](OC(C)=O)[C@@H](OC(C)=O)[C@@H]1OC(C)=O. The third-order valence-electron chi connectivity index (χ3n) is 21.6. The van der Waals surface area contributed by atoms with Crippen LogP contribution < -0.4 is 0 Å². The zero-order chi connectivity index (χ0) is 64.8. The number of ether oxygens (including phenoxy) is 12. The molecule has 9 rings (SSSR count). The molecule has 0 radical (unpaired) electrons. The number of allylic oxidation sites excluding steroid dienone is 2. The molecule has 0 unspecified atom stereocenters. The summed E-state index contributed by atoms with van der Waals surface area (Å²) in [5.74, 6) is -5.48. The molecule has 20 heteroatoms. The number of esters is 8. The lowest BCUT2D eigenvalue weighted by Crippen LogP contribution is -2.68. The highest BCUT2D eigenvalue weighted by Gasteiger charge is 2.70. The molecule has 2 saturated heterocycles. The zero-order valence-electron chi connectivity index (χ0n) is 54.2. The van der Waals surface area contributed by atoms with E-state index in [1.807, 2.05) is 60.7 Å². The van der Waals surface area contributed by atoms with Crippen molar-refractivity contribution in [3.05, 3.63) is 83.4 Å². The second-order valence-electron chi connectivity index (χ2n) is 28.1. The van der Waals surface area contributed by atoms with Crippen LogP contribution in [0.3, 0.4) is 0 Å². The maximum atomic E-state index is 15.4. The van der Waals surface area contributed by atoms with Crippen molar-refractivity contribution in [1.82, 2.24) is 0 Å². The molecule has 2 heterocycles. The van der Waals surface area contributed by atoms with E-state index in [0.29, 0.717) is 6.42 Å². The van der Waals surface area contributed by atoms with Crippen LogP contribution in [0.4, 0.5) is 0 Å². The average Bonchev–Trinajstić information content (AvgIpc) is 0.680. The Hall–Kier alpha value is -6.22. The van der Waals surface area contributed by atoms with Gasteiger partial charge in [0.2, 0.25) is 0 Å². The highest BCUT2D eigenvalue weighted by atomic mass is 16.8. The summed E-state index contributed by atoms with van der Waals surface area (Å²) in [7, 11) is 0. The Morgan fingerprint density at radius 1 is 0.506 bits per heavy atom. The Balaban J connectivity index is 1.01. The van der Waals surface area contributed by atoms with Crippen LogP contribution in [0.1, 0.15) is 178 Å². The van der Waals surface area contributed by atoms with E-state index in [9.17, 15) is 33.6 Å². The third-order valence-corrected chi connectivity index (χ3v) is 21.6. The fourth-order valence-corrected chi connectivity index (χ4v) is 17.4. The van der Waals surface area contributed by atoms with Gasteiger partial charge in [0.05, 0.1) is 11.5 Å². The van der Waals surface area contributed by atoms with Crippen molar-refractivity contribution in [3.8, 4) is 0 Å². The Morgan fingerprint density at radius 3 is 1.49 bits per heavy atom. The van der Waals surface area contributed by atoms with Crippen LogP contribution in [-0.2, 0) is 95.2 Å². The fourth-order valence-electron chi connectivity index (χ4n) is 17.4. The number of hydrogen-bond acceptors (Lipinski definition) is 20. The molecular formula is C69H92O20. The van der Waals surface area contributed by atoms with Gasteiger partial charge in [0.25, 0.3) is 0 Å². The monoisotopic (exact) mass is 1240 g/mol. The first-order valence-electron chi connectivity index (χ1n) is 31.6. The first-order chi connectivity index (χ1) is 41.8. The molecule has 7 aliphatic rings. The number of carbonyl (C=O) groups excluding carboxylic acids is 8. The van der Waals surface area contributed by atoms with Crippen LogP contribution in [0.15, 0.2) is 72.3 Å². The molecule has 2 aliphatic heterocycles. The summed E-state index contributed by atoms with van der Waals surface area (Å²) < 4.78 is 73.6. The zero-order valence-corrected chi connectivity index (χ0v) is 54.2. The predicted molar refractivity (Wildman–Crippen MR) is 318 cm³/mol. The summed E-state index contributed by atoms with van der Waals surface area (Å²) in [6, 6.07) is 20.1. The summed E-state index contributed by atoms with van der Waals surface area (Å²) in [5, 5.41) is 0. The lowest BCUT2D eigenvalue weighted by atomic mass is 9.33. The van der Waals surface area contributed by atoms with E-state index >= 15 is 4.79 Å². The van der Waals surface area contributed by atoms with Crippen molar-refractivity contribution in [1.29, 1.82) is 0 Å². The molecule has 0 N–H and O–H groups in total. The lowest BCUT2D eigenvalue weighted by Gasteiger charge is -2.71. The van der Waals surface area contributed by atoms with E-state index in [1.54, 1.807) is 0 Å². The van der Waals surface area contributed by atoms with Crippen LogP contribution >= 0.6 is 0 Å². The lowest BCUT2D eigenvalue weighted by molar-refractivity contribution is -0.369. The molecule has 0 aromatic heterocycles. The van der Waals surface area contributed by atoms with E-state index in [-0.39, 0.29) is 45.4 Å². The van der Waals surface area contributed by atoms with E-state index < -0.39 is 139 Å². The number of benzene rings is 2. The van der Waals surface area contributed by atoms with Crippen LogP contribution in [0.5, 0.6) is 0 Å². The third kappa shape index (κ3) is 13.4. The minimum atomic E-state index is -1.82. The van der Waals surface area contributed by atoms with Gasteiger partial charge in [-0.2, -0.15) is 0 Å². The van der Waals surface area contributed by atoms with Gasteiger partial charge in [0.15, 0.2) is 49.2 Å². The van der Waals surface area contributed by atoms with Gasteiger partial charge in [0.1, 0.15) is 31.5 Å². The van der Waals surface area contributed by atoms with Crippen molar-refractivity contribution in [2.24, 2.45) is 50.2 Å². The highest BCUT2D eigenvalue weighted by molar-refractivity contribution is 5.79. The minimum absolute atomic E-state index is 0.00633. The van der Waals surface area contributed by atoms with Gasteiger partial charge in [-0.15, -0.1) is 0 Å². The quantitative estimate of drug-likeness (QED) is 0.0618. The molecule has 2 aromatic carbocycles. The molecule has 0 spiro atoms. The number of hydrogen-bond donors (Lipinski definition) is 0. The molecule has 18 atom stereocenters. The Labute approximate surface area is 522 Å². The summed E-state index contributed by atoms with van der Waals surface area (Å²) in [4.78, 5) is 105. The normalized spacial score (nSPS) is 36.7. The molecule has 5 aliphatic carbocycles. The smallest absolute Gasteiger partial charge is 0.313 e.